The Kier molecular flexibility index (Phi) is 5.66. The van der Waals surface area contributed by atoms with Crippen molar-refractivity contribution < 1.29 is 9.53 Å². The van der Waals surface area contributed by atoms with Gasteiger partial charge in [0.1, 0.15) is 0 Å². The van der Waals surface area contributed by atoms with Gasteiger partial charge in [0.05, 0.1) is 11.9 Å². The Balaban J connectivity index is 1.95. The summed E-state index contributed by atoms with van der Waals surface area (Å²) in [5, 5.41) is 10.8. The lowest BCUT2D eigenvalue weighted by Gasteiger charge is -2.04. The highest BCUT2D eigenvalue weighted by molar-refractivity contribution is 5.91. The lowest BCUT2D eigenvalue weighted by atomic mass is 10.1. The smallest absolute Gasteiger partial charge is 0.273 e. The molecule has 1 heterocycles. The zero-order valence-corrected chi connectivity index (χ0v) is 13.3. The van der Waals surface area contributed by atoms with Crippen molar-refractivity contribution in [2.45, 2.75) is 27.2 Å². The Morgan fingerprint density at radius 3 is 2.86 bits per heavy atom. The molecule has 6 heteroatoms. The van der Waals surface area contributed by atoms with Crippen LogP contribution in [-0.2, 0) is 4.74 Å². The molecule has 2 aromatic rings. The van der Waals surface area contributed by atoms with Crippen molar-refractivity contribution in [2.75, 3.05) is 19.8 Å². The molecule has 0 aliphatic rings. The van der Waals surface area contributed by atoms with E-state index in [9.17, 15) is 4.79 Å². The van der Waals surface area contributed by atoms with Crippen LogP contribution in [0.2, 0.25) is 0 Å². The van der Waals surface area contributed by atoms with E-state index in [0.717, 1.165) is 12.1 Å². The summed E-state index contributed by atoms with van der Waals surface area (Å²) in [6, 6.07) is 6.01. The number of nitrogens with one attached hydrogen (secondary N) is 1. The van der Waals surface area contributed by atoms with Gasteiger partial charge in [-0.1, -0.05) is 11.3 Å². The molecule has 1 amide bonds. The molecule has 118 valence electrons. The van der Waals surface area contributed by atoms with Crippen LogP contribution in [0.5, 0.6) is 0 Å². The molecular weight excluding hydrogens is 280 g/mol. The number of carbonyl (C=O) groups is 1. The zero-order chi connectivity index (χ0) is 15.9. The van der Waals surface area contributed by atoms with Crippen molar-refractivity contribution in [3.8, 4) is 5.69 Å². The van der Waals surface area contributed by atoms with Crippen LogP contribution in [0.3, 0.4) is 0 Å². The normalized spacial score (nSPS) is 10.7. The van der Waals surface area contributed by atoms with Gasteiger partial charge in [-0.2, -0.15) is 0 Å². The Bertz CT molecular complexity index is 637. The molecule has 0 bridgehead atoms. The van der Waals surface area contributed by atoms with E-state index in [4.69, 9.17) is 4.74 Å². The highest BCUT2D eigenvalue weighted by Gasteiger charge is 2.11. The van der Waals surface area contributed by atoms with Crippen LogP contribution < -0.4 is 5.32 Å². The fourth-order valence-electron chi connectivity index (χ4n) is 1.97. The fraction of sp³-hybridized carbons (Fsp3) is 0.438. The van der Waals surface area contributed by atoms with Gasteiger partial charge >= 0.3 is 0 Å². The molecule has 6 nitrogen and oxygen atoms in total. The van der Waals surface area contributed by atoms with Gasteiger partial charge < -0.3 is 10.1 Å². The van der Waals surface area contributed by atoms with E-state index in [0.29, 0.717) is 25.5 Å². The second-order valence-electron chi connectivity index (χ2n) is 5.12. The van der Waals surface area contributed by atoms with Crippen LogP contribution in [-0.4, -0.2) is 40.7 Å². The highest BCUT2D eigenvalue weighted by Crippen LogP contribution is 2.13. The Hall–Kier alpha value is -2.21. The van der Waals surface area contributed by atoms with Gasteiger partial charge in [0, 0.05) is 19.8 Å². The van der Waals surface area contributed by atoms with E-state index < -0.39 is 0 Å². The predicted molar refractivity (Wildman–Crippen MR) is 84.3 cm³/mol. The molecule has 0 aliphatic carbocycles. The first kappa shape index (κ1) is 16.2. The number of rotatable bonds is 7. The van der Waals surface area contributed by atoms with Gasteiger partial charge in [-0.15, -0.1) is 5.10 Å². The van der Waals surface area contributed by atoms with E-state index in [-0.39, 0.29) is 5.91 Å². The van der Waals surface area contributed by atoms with E-state index >= 15 is 0 Å². The summed E-state index contributed by atoms with van der Waals surface area (Å²) in [6.45, 7) is 7.95. The van der Waals surface area contributed by atoms with Gasteiger partial charge in [-0.05, 0) is 50.5 Å². The second kappa shape index (κ2) is 7.70. The van der Waals surface area contributed by atoms with Crippen LogP contribution in [0.4, 0.5) is 0 Å². The topological polar surface area (TPSA) is 69.0 Å². The van der Waals surface area contributed by atoms with Crippen LogP contribution in [0, 0.1) is 13.8 Å². The molecule has 0 saturated heterocycles. The average molecular weight is 302 g/mol. The van der Waals surface area contributed by atoms with E-state index in [2.05, 4.69) is 22.6 Å². The maximum Gasteiger partial charge on any atom is 0.273 e. The molecule has 0 radical (unpaired) electrons. The summed E-state index contributed by atoms with van der Waals surface area (Å²) in [6.07, 6.45) is 2.42. The summed E-state index contributed by atoms with van der Waals surface area (Å²) in [5.41, 5.74) is 3.60. The second-order valence-corrected chi connectivity index (χ2v) is 5.12. The molecular formula is C16H22N4O2. The minimum atomic E-state index is -0.216. The molecule has 0 spiro atoms. The van der Waals surface area contributed by atoms with Gasteiger partial charge in [0.25, 0.3) is 5.91 Å². The molecule has 0 aliphatic heterocycles. The van der Waals surface area contributed by atoms with Crippen molar-refractivity contribution in [2.24, 2.45) is 0 Å². The standard InChI is InChI=1S/C16H22N4O2/c1-4-22-9-5-8-17-16(21)15-11-20(19-18-15)14-7-6-12(2)13(3)10-14/h6-7,10-11H,4-5,8-9H2,1-3H3,(H,17,21). The van der Waals surface area contributed by atoms with Crippen LogP contribution in [0.15, 0.2) is 24.4 Å². The lowest BCUT2D eigenvalue weighted by molar-refractivity contribution is 0.0939. The number of nitrogens with zero attached hydrogens (tertiary/aromatic N) is 3. The third-order valence-corrected chi connectivity index (χ3v) is 3.44. The number of ether oxygens (including phenoxy) is 1. The SMILES string of the molecule is CCOCCCNC(=O)c1cn(-c2ccc(C)c(C)c2)nn1. The van der Waals surface area contributed by atoms with E-state index in [1.54, 1.807) is 10.9 Å². The molecule has 0 saturated carbocycles. The molecule has 1 aromatic carbocycles. The van der Waals surface area contributed by atoms with Crippen molar-refractivity contribution >= 4 is 5.91 Å². The zero-order valence-electron chi connectivity index (χ0n) is 13.3. The van der Waals surface area contributed by atoms with Crippen molar-refractivity contribution in [1.29, 1.82) is 0 Å². The number of aromatic nitrogens is 3. The number of benzene rings is 1. The predicted octanol–water partition coefficient (Wildman–Crippen LogP) is 2.04. The van der Waals surface area contributed by atoms with Crippen molar-refractivity contribution in [3.05, 3.63) is 41.2 Å². The van der Waals surface area contributed by atoms with Gasteiger partial charge in [-0.3, -0.25) is 4.79 Å². The fourth-order valence-corrected chi connectivity index (χ4v) is 1.97. The van der Waals surface area contributed by atoms with Crippen LogP contribution in [0.25, 0.3) is 5.69 Å². The number of aryl methyl sites for hydroxylation is 2. The molecule has 0 unspecified atom stereocenters. The number of carbonyl (C=O) groups excluding carboxylic acids is 1. The van der Waals surface area contributed by atoms with E-state index in [1.165, 1.54) is 11.1 Å². The first-order chi connectivity index (χ1) is 10.6. The van der Waals surface area contributed by atoms with Crippen LogP contribution >= 0.6 is 0 Å². The quantitative estimate of drug-likeness (QED) is 0.795. The summed E-state index contributed by atoms with van der Waals surface area (Å²) in [7, 11) is 0. The maximum atomic E-state index is 12.0. The summed E-state index contributed by atoms with van der Waals surface area (Å²) >= 11 is 0. The minimum absolute atomic E-state index is 0.216. The Labute approximate surface area is 130 Å². The minimum Gasteiger partial charge on any atom is -0.382 e. The molecule has 2 rings (SSSR count). The van der Waals surface area contributed by atoms with Crippen LogP contribution in [0.1, 0.15) is 35.0 Å². The maximum absolute atomic E-state index is 12.0. The van der Waals surface area contributed by atoms with Crippen molar-refractivity contribution in [1.82, 2.24) is 20.3 Å². The lowest BCUT2D eigenvalue weighted by Crippen LogP contribution is -2.25. The highest BCUT2D eigenvalue weighted by atomic mass is 16.5. The van der Waals surface area contributed by atoms with Gasteiger partial charge in [0.15, 0.2) is 5.69 Å². The number of hydrogen-bond donors (Lipinski definition) is 1. The summed E-state index contributed by atoms with van der Waals surface area (Å²) in [5.74, 6) is -0.216. The average Bonchev–Trinajstić information content (AvgIpc) is 2.99. The first-order valence-corrected chi connectivity index (χ1v) is 7.47. The number of hydrogen-bond acceptors (Lipinski definition) is 4. The Morgan fingerprint density at radius 2 is 2.14 bits per heavy atom. The summed E-state index contributed by atoms with van der Waals surface area (Å²) in [4.78, 5) is 12.0. The summed E-state index contributed by atoms with van der Waals surface area (Å²) < 4.78 is 6.83. The molecule has 1 N–H and O–H groups in total. The van der Waals surface area contributed by atoms with Crippen molar-refractivity contribution in [3.63, 3.8) is 0 Å². The molecule has 22 heavy (non-hydrogen) atoms. The monoisotopic (exact) mass is 302 g/mol. The largest absolute Gasteiger partial charge is 0.382 e. The Morgan fingerprint density at radius 1 is 1.32 bits per heavy atom. The molecule has 0 atom stereocenters. The third kappa shape index (κ3) is 4.14. The molecule has 1 aromatic heterocycles. The van der Waals surface area contributed by atoms with Gasteiger partial charge in [0.2, 0.25) is 0 Å². The van der Waals surface area contributed by atoms with Gasteiger partial charge in [-0.25, -0.2) is 4.68 Å². The third-order valence-electron chi connectivity index (χ3n) is 3.44. The van der Waals surface area contributed by atoms with E-state index in [1.807, 2.05) is 32.0 Å². The molecule has 0 fully saturated rings. The number of amides is 1. The first-order valence-electron chi connectivity index (χ1n) is 7.47.